The van der Waals surface area contributed by atoms with Gasteiger partial charge in [-0.1, -0.05) is 28.8 Å². The molecule has 1 aliphatic rings. The number of aryl methyl sites for hydroxylation is 2. The topological polar surface area (TPSA) is 9.23 Å². The van der Waals surface area contributed by atoms with Crippen molar-refractivity contribution in [1.82, 2.24) is 0 Å². The first-order chi connectivity index (χ1) is 7.16. The van der Waals surface area contributed by atoms with Crippen LogP contribution in [-0.2, 0) is 0 Å². The van der Waals surface area contributed by atoms with Crippen molar-refractivity contribution in [3.63, 3.8) is 0 Å². The standard InChI is InChI=1S/C13H17BrO/c1-9-7-12(8-10(2)13(9)14)15-6-5-11-3-4-11/h7-8,11H,3-6H2,1-2H3. The molecule has 0 radical (unpaired) electrons. The van der Waals surface area contributed by atoms with Gasteiger partial charge in [-0.2, -0.15) is 0 Å². The fraction of sp³-hybridized carbons (Fsp3) is 0.538. The van der Waals surface area contributed by atoms with Crippen LogP contribution < -0.4 is 4.74 Å². The van der Waals surface area contributed by atoms with Crippen LogP contribution in [-0.4, -0.2) is 6.61 Å². The molecule has 1 fully saturated rings. The molecule has 0 N–H and O–H groups in total. The first-order valence-electron chi connectivity index (χ1n) is 5.56. The predicted octanol–water partition coefficient (Wildman–Crippen LogP) is 4.24. The maximum absolute atomic E-state index is 5.75. The molecule has 0 spiro atoms. The summed E-state index contributed by atoms with van der Waals surface area (Å²) >= 11 is 3.56. The second-order valence-electron chi connectivity index (χ2n) is 4.45. The number of hydrogen-bond donors (Lipinski definition) is 0. The summed E-state index contributed by atoms with van der Waals surface area (Å²) in [5.74, 6) is 1.96. The summed E-state index contributed by atoms with van der Waals surface area (Å²) in [6, 6.07) is 4.20. The summed E-state index contributed by atoms with van der Waals surface area (Å²) < 4.78 is 6.94. The lowest BCUT2D eigenvalue weighted by Crippen LogP contribution is -1.99. The number of benzene rings is 1. The van der Waals surface area contributed by atoms with Crippen molar-refractivity contribution in [2.45, 2.75) is 33.1 Å². The van der Waals surface area contributed by atoms with Gasteiger partial charge in [0.2, 0.25) is 0 Å². The Hall–Kier alpha value is -0.500. The van der Waals surface area contributed by atoms with Gasteiger partial charge >= 0.3 is 0 Å². The van der Waals surface area contributed by atoms with Gasteiger partial charge in [0.05, 0.1) is 6.61 Å². The van der Waals surface area contributed by atoms with Crippen molar-refractivity contribution in [2.24, 2.45) is 5.92 Å². The molecule has 2 heteroatoms. The lowest BCUT2D eigenvalue weighted by Gasteiger charge is -2.09. The van der Waals surface area contributed by atoms with Crippen LogP contribution in [0.2, 0.25) is 0 Å². The third-order valence-corrected chi connectivity index (χ3v) is 4.15. The second-order valence-corrected chi connectivity index (χ2v) is 5.24. The fourth-order valence-electron chi connectivity index (χ4n) is 1.74. The highest BCUT2D eigenvalue weighted by molar-refractivity contribution is 9.10. The van der Waals surface area contributed by atoms with E-state index in [9.17, 15) is 0 Å². The van der Waals surface area contributed by atoms with Crippen molar-refractivity contribution in [3.8, 4) is 5.75 Å². The monoisotopic (exact) mass is 268 g/mol. The van der Waals surface area contributed by atoms with Gasteiger partial charge in [0.25, 0.3) is 0 Å². The zero-order chi connectivity index (χ0) is 10.8. The maximum Gasteiger partial charge on any atom is 0.119 e. The normalized spacial score (nSPS) is 15.4. The van der Waals surface area contributed by atoms with Crippen LogP contribution in [0.25, 0.3) is 0 Å². The predicted molar refractivity (Wildman–Crippen MR) is 66.5 cm³/mol. The minimum absolute atomic E-state index is 0.866. The van der Waals surface area contributed by atoms with Gasteiger partial charge in [-0.15, -0.1) is 0 Å². The van der Waals surface area contributed by atoms with Gasteiger partial charge in [0.15, 0.2) is 0 Å². The zero-order valence-electron chi connectivity index (χ0n) is 9.35. The maximum atomic E-state index is 5.75. The molecule has 0 saturated heterocycles. The van der Waals surface area contributed by atoms with E-state index >= 15 is 0 Å². The molecule has 0 atom stereocenters. The van der Waals surface area contributed by atoms with E-state index in [1.165, 1.54) is 34.9 Å². The molecular formula is C13H17BrO. The first kappa shape index (κ1) is 11.0. The van der Waals surface area contributed by atoms with E-state index in [1.807, 2.05) is 0 Å². The van der Waals surface area contributed by atoms with Crippen LogP contribution in [0.5, 0.6) is 5.75 Å². The Morgan fingerprint density at radius 3 is 2.40 bits per heavy atom. The Labute approximate surface area is 100.0 Å². The summed E-state index contributed by atoms with van der Waals surface area (Å²) in [5, 5.41) is 0. The minimum Gasteiger partial charge on any atom is -0.494 e. The van der Waals surface area contributed by atoms with E-state index in [0.29, 0.717) is 0 Å². The highest BCUT2D eigenvalue weighted by atomic mass is 79.9. The molecule has 1 saturated carbocycles. The van der Waals surface area contributed by atoms with Gasteiger partial charge < -0.3 is 4.74 Å². The number of halogens is 1. The Morgan fingerprint density at radius 1 is 1.27 bits per heavy atom. The van der Waals surface area contributed by atoms with Crippen LogP contribution in [0.1, 0.15) is 30.4 Å². The van der Waals surface area contributed by atoms with Crippen molar-refractivity contribution >= 4 is 15.9 Å². The van der Waals surface area contributed by atoms with Crippen molar-refractivity contribution in [2.75, 3.05) is 6.61 Å². The Morgan fingerprint density at radius 2 is 1.87 bits per heavy atom. The van der Waals surface area contributed by atoms with E-state index in [1.54, 1.807) is 0 Å². The molecule has 1 aromatic carbocycles. The van der Waals surface area contributed by atoms with E-state index in [-0.39, 0.29) is 0 Å². The molecule has 0 bridgehead atoms. The quantitative estimate of drug-likeness (QED) is 0.794. The molecule has 15 heavy (non-hydrogen) atoms. The van der Waals surface area contributed by atoms with Crippen LogP contribution in [0.15, 0.2) is 16.6 Å². The lowest BCUT2D eigenvalue weighted by atomic mass is 10.1. The van der Waals surface area contributed by atoms with E-state index < -0.39 is 0 Å². The summed E-state index contributed by atoms with van der Waals surface area (Å²) in [4.78, 5) is 0. The molecular weight excluding hydrogens is 252 g/mol. The Balaban J connectivity index is 1.94. The fourth-order valence-corrected chi connectivity index (χ4v) is 1.97. The second kappa shape index (κ2) is 4.56. The highest BCUT2D eigenvalue weighted by Gasteiger charge is 2.20. The van der Waals surface area contributed by atoms with Gasteiger partial charge in [-0.25, -0.2) is 0 Å². The molecule has 2 rings (SSSR count). The number of hydrogen-bond acceptors (Lipinski definition) is 1. The van der Waals surface area contributed by atoms with Gasteiger partial charge in [0.1, 0.15) is 5.75 Å². The lowest BCUT2D eigenvalue weighted by molar-refractivity contribution is 0.302. The molecule has 0 unspecified atom stereocenters. The summed E-state index contributed by atoms with van der Waals surface area (Å²) in [7, 11) is 0. The largest absolute Gasteiger partial charge is 0.494 e. The SMILES string of the molecule is Cc1cc(OCCC2CC2)cc(C)c1Br. The first-order valence-corrected chi connectivity index (χ1v) is 6.35. The summed E-state index contributed by atoms with van der Waals surface area (Å²) in [6.07, 6.45) is 4.03. The molecule has 1 aromatic rings. The third-order valence-electron chi connectivity index (χ3n) is 2.90. The Kier molecular flexibility index (Phi) is 3.35. The van der Waals surface area contributed by atoms with E-state index in [2.05, 4.69) is 41.9 Å². The number of ether oxygens (including phenoxy) is 1. The number of rotatable bonds is 4. The van der Waals surface area contributed by atoms with Crippen molar-refractivity contribution < 1.29 is 4.74 Å². The highest BCUT2D eigenvalue weighted by Crippen LogP contribution is 2.32. The van der Waals surface area contributed by atoms with Crippen LogP contribution >= 0.6 is 15.9 Å². The molecule has 0 aliphatic heterocycles. The third kappa shape index (κ3) is 2.97. The van der Waals surface area contributed by atoms with Crippen LogP contribution in [0, 0.1) is 19.8 Å². The van der Waals surface area contributed by atoms with Crippen LogP contribution in [0.4, 0.5) is 0 Å². The average Bonchev–Trinajstić information content (AvgIpc) is 2.98. The van der Waals surface area contributed by atoms with Gasteiger partial charge in [0, 0.05) is 4.47 Å². The van der Waals surface area contributed by atoms with Crippen molar-refractivity contribution in [3.05, 3.63) is 27.7 Å². The Bertz CT molecular complexity index is 333. The van der Waals surface area contributed by atoms with E-state index in [0.717, 1.165) is 18.3 Å². The van der Waals surface area contributed by atoms with Gasteiger partial charge in [-0.3, -0.25) is 0 Å². The zero-order valence-corrected chi connectivity index (χ0v) is 10.9. The van der Waals surface area contributed by atoms with E-state index in [4.69, 9.17) is 4.74 Å². The molecule has 82 valence electrons. The molecule has 1 aliphatic carbocycles. The van der Waals surface area contributed by atoms with Crippen molar-refractivity contribution in [1.29, 1.82) is 0 Å². The summed E-state index contributed by atoms with van der Waals surface area (Å²) in [5.41, 5.74) is 2.49. The molecule has 1 nitrogen and oxygen atoms in total. The smallest absolute Gasteiger partial charge is 0.119 e. The average molecular weight is 269 g/mol. The van der Waals surface area contributed by atoms with Crippen LogP contribution in [0.3, 0.4) is 0 Å². The molecule has 0 heterocycles. The molecule has 0 amide bonds. The minimum atomic E-state index is 0.866. The van der Waals surface area contributed by atoms with Gasteiger partial charge in [-0.05, 0) is 49.4 Å². The summed E-state index contributed by atoms with van der Waals surface area (Å²) in [6.45, 7) is 5.07. The molecule has 0 aromatic heterocycles.